The van der Waals surface area contributed by atoms with Gasteiger partial charge in [0.15, 0.2) is 0 Å². The van der Waals surface area contributed by atoms with E-state index in [1.165, 1.54) is 0 Å². The number of nitrogens with zero attached hydrogens (tertiary/aromatic N) is 3. The molecule has 90 valence electrons. The highest BCUT2D eigenvalue weighted by Gasteiger charge is 2.41. The standard InChI is InChI=1S/C13H11N3O2/c1-7-6-8-11(18-7)15-13-14-9-4-2-3-5-10(9)16(13)12(8)17/h2-5,7-8H,6H2,1H3. The molecule has 0 amide bonds. The maximum Gasteiger partial charge on any atom is 0.246 e. The van der Waals surface area contributed by atoms with E-state index in [1.807, 2.05) is 31.2 Å². The minimum Gasteiger partial charge on any atom is -0.477 e. The van der Waals surface area contributed by atoms with Gasteiger partial charge >= 0.3 is 0 Å². The second-order valence-corrected chi connectivity index (χ2v) is 4.74. The van der Waals surface area contributed by atoms with Crippen LogP contribution in [0.15, 0.2) is 29.3 Å². The minimum atomic E-state index is -0.245. The third-order valence-corrected chi connectivity index (χ3v) is 3.46. The molecule has 5 heteroatoms. The lowest BCUT2D eigenvalue weighted by Gasteiger charge is -2.15. The Morgan fingerprint density at radius 1 is 1.39 bits per heavy atom. The van der Waals surface area contributed by atoms with E-state index >= 15 is 0 Å². The molecule has 1 saturated heterocycles. The molecule has 0 bridgehead atoms. The molecule has 2 aromatic rings. The smallest absolute Gasteiger partial charge is 0.246 e. The Balaban J connectivity index is 1.99. The van der Waals surface area contributed by atoms with Gasteiger partial charge in [0.25, 0.3) is 0 Å². The summed E-state index contributed by atoms with van der Waals surface area (Å²) in [7, 11) is 0. The van der Waals surface area contributed by atoms with Crippen LogP contribution in [-0.2, 0) is 4.74 Å². The summed E-state index contributed by atoms with van der Waals surface area (Å²) in [4.78, 5) is 21.2. The van der Waals surface area contributed by atoms with Crippen LogP contribution in [-0.4, -0.2) is 27.5 Å². The van der Waals surface area contributed by atoms with E-state index in [0.29, 0.717) is 18.3 Å². The molecule has 0 radical (unpaired) electrons. The van der Waals surface area contributed by atoms with Gasteiger partial charge in [0.2, 0.25) is 17.8 Å². The van der Waals surface area contributed by atoms with Crippen LogP contribution in [0.3, 0.4) is 0 Å². The van der Waals surface area contributed by atoms with Gasteiger partial charge < -0.3 is 4.74 Å². The van der Waals surface area contributed by atoms with Gasteiger partial charge in [-0.1, -0.05) is 12.1 Å². The van der Waals surface area contributed by atoms with Crippen molar-refractivity contribution in [2.45, 2.75) is 19.4 Å². The fourth-order valence-electron chi connectivity index (χ4n) is 2.64. The number of carbonyl (C=O) groups excluding carboxylic acids is 1. The molecule has 2 aliphatic heterocycles. The molecule has 0 aliphatic carbocycles. The van der Waals surface area contributed by atoms with Gasteiger partial charge in [0, 0.05) is 6.42 Å². The van der Waals surface area contributed by atoms with Crippen LogP contribution in [0.1, 0.15) is 18.1 Å². The first-order valence-corrected chi connectivity index (χ1v) is 6.01. The molecule has 1 aromatic carbocycles. The van der Waals surface area contributed by atoms with Gasteiger partial charge in [-0.2, -0.15) is 4.99 Å². The predicted octanol–water partition coefficient (Wildman–Crippen LogP) is 2.15. The number of fused-ring (bicyclic) bond motifs is 4. The molecule has 18 heavy (non-hydrogen) atoms. The number of aromatic nitrogens is 2. The zero-order chi connectivity index (χ0) is 12.3. The van der Waals surface area contributed by atoms with E-state index in [4.69, 9.17) is 4.74 Å². The van der Waals surface area contributed by atoms with Crippen molar-refractivity contribution in [2.24, 2.45) is 10.9 Å². The zero-order valence-electron chi connectivity index (χ0n) is 9.83. The van der Waals surface area contributed by atoms with Gasteiger partial charge in [0.1, 0.15) is 5.92 Å². The quantitative estimate of drug-likeness (QED) is 0.710. The van der Waals surface area contributed by atoms with E-state index in [2.05, 4.69) is 9.98 Å². The Kier molecular flexibility index (Phi) is 1.74. The van der Waals surface area contributed by atoms with Gasteiger partial charge in [-0.05, 0) is 19.1 Å². The summed E-state index contributed by atoms with van der Waals surface area (Å²) in [5, 5.41) is 0. The molecule has 5 nitrogen and oxygen atoms in total. The first-order valence-electron chi connectivity index (χ1n) is 6.01. The highest BCUT2D eigenvalue weighted by atomic mass is 16.5. The Morgan fingerprint density at radius 2 is 2.22 bits per heavy atom. The Hall–Kier alpha value is -2.17. The second-order valence-electron chi connectivity index (χ2n) is 4.74. The molecule has 1 fully saturated rings. The summed E-state index contributed by atoms with van der Waals surface area (Å²) >= 11 is 0. The summed E-state index contributed by atoms with van der Waals surface area (Å²) in [6, 6.07) is 7.58. The Morgan fingerprint density at radius 3 is 3.11 bits per heavy atom. The number of imidazole rings is 1. The van der Waals surface area contributed by atoms with Crippen LogP contribution in [0.25, 0.3) is 11.0 Å². The van der Waals surface area contributed by atoms with Crippen molar-refractivity contribution in [2.75, 3.05) is 0 Å². The van der Waals surface area contributed by atoms with Crippen LogP contribution in [0, 0.1) is 5.92 Å². The summed E-state index contributed by atoms with van der Waals surface area (Å²) in [5.74, 6) is 0.731. The molecule has 2 atom stereocenters. The van der Waals surface area contributed by atoms with Gasteiger partial charge in [-0.3, -0.25) is 4.79 Å². The van der Waals surface area contributed by atoms with Crippen LogP contribution >= 0.6 is 0 Å². The first kappa shape index (κ1) is 9.82. The average Bonchev–Trinajstić information content (AvgIpc) is 2.89. The topological polar surface area (TPSA) is 56.5 Å². The molecule has 0 saturated carbocycles. The third kappa shape index (κ3) is 1.13. The van der Waals surface area contributed by atoms with Crippen molar-refractivity contribution < 1.29 is 9.53 Å². The summed E-state index contributed by atoms with van der Waals surface area (Å²) < 4.78 is 7.17. The highest BCUT2D eigenvalue weighted by Crippen LogP contribution is 2.33. The zero-order valence-corrected chi connectivity index (χ0v) is 9.83. The van der Waals surface area contributed by atoms with Crippen molar-refractivity contribution in [3.8, 4) is 0 Å². The molecular weight excluding hydrogens is 230 g/mol. The molecule has 0 spiro atoms. The van der Waals surface area contributed by atoms with Crippen molar-refractivity contribution in [3.05, 3.63) is 24.3 Å². The lowest BCUT2D eigenvalue weighted by molar-refractivity contribution is 0.0873. The minimum absolute atomic E-state index is 0.0213. The second kappa shape index (κ2) is 3.19. The maximum absolute atomic E-state index is 12.5. The van der Waals surface area contributed by atoms with Crippen molar-refractivity contribution >= 4 is 28.8 Å². The van der Waals surface area contributed by atoms with Crippen LogP contribution in [0.4, 0.5) is 5.95 Å². The number of ether oxygens (including phenoxy) is 1. The fraction of sp³-hybridized carbons (Fsp3) is 0.308. The van der Waals surface area contributed by atoms with Gasteiger partial charge in [-0.15, -0.1) is 0 Å². The maximum atomic E-state index is 12.5. The predicted molar refractivity (Wildman–Crippen MR) is 66.1 cm³/mol. The number of benzene rings is 1. The van der Waals surface area contributed by atoms with Crippen LogP contribution < -0.4 is 0 Å². The van der Waals surface area contributed by atoms with Crippen LogP contribution in [0.2, 0.25) is 0 Å². The molecule has 0 N–H and O–H groups in total. The van der Waals surface area contributed by atoms with E-state index in [1.54, 1.807) is 4.57 Å². The SMILES string of the molecule is CC1CC2C(=O)n3c(nc4ccccc43)N=C2O1. The number of hydrogen-bond acceptors (Lipinski definition) is 4. The van der Waals surface area contributed by atoms with Gasteiger partial charge in [0.05, 0.1) is 17.1 Å². The number of aliphatic imine (C=N–C) groups is 1. The van der Waals surface area contributed by atoms with E-state index in [-0.39, 0.29) is 17.9 Å². The number of rotatable bonds is 0. The normalized spacial score (nSPS) is 25.6. The highest BCUT2D eigenvalue weighted by molar-refractivity contribution is 6.09. The number of para-hydroxylation sites is 2. The molecule has 4 rings (SSSR count). The van der Waals surface area contributed by atoms with E-state index in [9.17, 15) is 4.79 Å². The van der Waals surface area contributed by atoms with E-state index < -0.39 is 0 Å². The van der Waals surface area contributed by atoms with Gasteiger partial charge in [-0.25, -0.2) is 9.55 Å². The Labute approximate surface area is 103 Å². The molecule has 2 aliphatic rings. The lowest BCUT2D eigenvalue weighted by atomic mass is 10.0. The largest absolute Gasteiger partial charge is 0.477 e. The number of hydrogen-bond donors (Lipinski definition) is 0. The molecular formula is C13H11N3O2. The lowest BCUT2D eigenvalue weighted by Crippen LogP contribution is -2.28. The van der Waals surface area contributed by atoms with Crippen molar-refractivity contribution in [3.63, 3.8) is 0 Å². The van der Waals surface area contributed by atoms with Crippen LogP contribution in [0.5, 0.6) is 0 Å². The monoisotopic (exact) mass is 241 g/mol. The molecule has 3 heterocycles. The van der Waals surface area contributed by atoms with Crippen molar-refractivity contribution in [1.29, 1.82) is 0 Å². The number of carbonyl (C=O) groups is 1. The van der Waals surface area contributed by atoms with Crippen molar-refractivity contribution in [1.82, 2.24) is 9.55 Å². The van der Waals surface area contributed by atoms with E-state index in [0.717, 1.165) is 11.0 Å². The summed E-state index contributed by atoms with van der Waals surface area (Å²) in [5.41, 5.74) is 1.61. The third-order valence-electron chi connectivity index (χ3n) is 3.46. The molecule has 1 aromatic heterocycles. The summed E-state index contributed by atoms with van der Waals surface area (Å²) in [6.07, 6.45) is 0.748. The Bertz CT molecular complexity index is 701. The summed E-state index contributed by atoms with van der Waals surface area (Å²) in [6.45, 7) is 1.95. The first-order chi connectivity index (χ1) is 8.74. The average molecular weight is 241 g/mol. The fourth-order valence-corrected chi connectivity index (χ4v) is 2.64. The molecule has 2 unspecified atom stereocenters.